The van der Waals surface area contributed by atoms with Gasteiger partial charge in [0, 0.05) is 57.2 Å². The Bertz CT molecular complexity index is 2110. The minimum absolute atomic E-state index is 0.244. The van der Waals surface area contributed by atoms with E-state index in [9.17, 15) is 5.11 Å². The second-order valence-corrected chi connectivity index (χ2v) is 6.34. The van der Waals surface area contributed by atoms with Crippen LogP contribution >= 0.6 is 0 Å². The van der Waals surface area contributed by atoms with Crippen molar-refractivity contribution >= 4 is 0 Å². The van der Waals surface area contributed by atoms with E-state index < -0.39 is 127 Å². The van der Waals surface area contributed by atoms with Crippen LogP contribution in [-0.2, 0) is 4.74 Å². The summed E-state index contributed by atoms with van der Waals surface area (Å²) in [5.41, 5.74) is 0. The van der Waals surface area contributed by atoms with E-state index in [2.05, 4.69) is 14.2 Å². The van der Waals surface area contributed by atoms with E-state index in [0.29, 0.717) is 0 Å². The maximum Gasteiger partial charge on any atom is 0.161 e. The number of rotatable bonds is 10. The smallest absolute Gasteiger partial charge is 0.161 e. The number of para-hydroxylation sites is 4. The number of benzene rings is 2. The molecule has 0 spiro atoms. The largest absolute Gasteiger partial charge is 0.493 e. The van der Waals surface area contributed by atoms with Gasteiger partial charge in [-0.25, -0.2) is 0 Å². The summed E-state index contributed by atoms with van der Waals surface area (Å²) in [5, 5.41) is 13.9. The van der Waals surface area contributed by atoms with Crippen LogP contribution in [0, 0.1) is 0 Å². The van der Waals surface area contributed by atoms with Crippen molar-refractivity contribution in [1.29, 1.82) is 0 Å². The minimum Gasteiger partial charge on any atom is -0.493 e. The molecule has 3 N–H and O–H groups in total. The van der Waals surface area contributed by atoms with Gasteiger partial charge in [-0.05, 0) is 50.0 Å². The zero-order valence-electron chi connectivity index (χ0n) is 51.3. The van der Waals surface area contributed by atoms with Gasteiger partial charge in [-0.1, -0.05) is 30.7 Å². The zero-order valence-corrected chi connectivity index (χ0v) is 19.3. The van der Waals surface area contributed by atoms with Crippen LogP contribution in [0.15, 0.2) is 48.5 Å². The summed E-state index contributed by atoms with van der Waals surface area (Å²) in [6.45, 7) is -33.2. The number of piperazine rings is 1. The third-order valence-electron chi connectivity index (χ3n) is 3.79. The number of methoxy groups -OCH3 is 2. The van der Waals surface area contributed by atoms with E-state index in [0.717, 1.165) is 12.1 Å². The van der Waals surface area contributed by atoms with Gasteiger partial charge in [-0.2, -0.15) is 0 Å². The molecule has 3 heterocycles. The molecule has 0 saturated carbocycles. The van der Waals surface area contributed by atoms with Crippen molar-refractivity contribution in [3.63, 3.8) is 0 Å². The lowest BCUT2D eigenvalue weighted by Gasteiger charge is -2.29. The molecule has 3 saturated heterocycles. The number of β-amino-alcohol motifs (C(OH)–C–C–N with tert-alkyl or cyclic N) is 1. The molecule has 9 nitrogen and oxygen atoms in total. The lowest BCUT2D eigenvalue weighted by atomic mass is 10.2. The Morgan fingerprint density at radius 1 is 1.00 bits per heavy atom. The average Bonchev–Trinajstić information content (AvgIpc) is 3.64. The fourth-order valence-electron chi connectivity index (χ4n) is 2.17. The number of nitrogens with zero attached hydrogens (tertiary/aromatic N) is 1. The highest BCUT2D eigenvalue weighted by molar-refractivity contribution is 5.40. The monoisotopic (exact) mass is 564 g/mol. The molecule has 0 amide bonds. The lowest BCUT2D eigenvalue weighted by molar-refractivity contribution is 0.0632. The Labute approximate surface area is 272 Å². The van der Waals surface area contributed by atoms with Gasteiger partial charge in [0.2, 0.25) is 0 Å². The van der Waals surface area contributed by atoms with Crippen LogP contribution in [0.1, 0.15) is 63.0 Å². The molecule has 3 fully saturated rings. The first-order valence-corrected chi connectivity index (χ1v) is 10.3. The Morgan fingerprint density at radius 2 is 1.55 bits per heavy atom. The fourth-order valence-corrected chi connectivity index (χ4v) is 2.17. The molecule has 2 aromatic rings. The van der Waals surface area contributed by atoms with Crippen LogP contribution in [0.25, 0.3) is 0 Å². The predicted molar refractivity (Wildman–Crippen MR) is 149 cm³/mol. The number of epoxide rings is 1. The molecule has 212 valence electrons. The van der Waals surface area contributed by atoms with Crippen molar-refractivity contribution in [2.75, 3.05) is 79.2 Å². The van der Waals surface area contributed by atoms with Gasteiger partial charge in [-0.3, -0.25) is 4.90 Å². The highest BCUT2D eigenvalue weighted by atomic mass is 16.6. The molecule has 3 aliphatic rings. The van der Waals surface area contributed by atoms with E-state index in [-0.39, 0.29) is 11.5 Å². The van der Waals surface area contributed by atoms with Crippen molar-refractivity contribution < 1.29 is 72.7 Å². The van der Waals surface area contributed by atoms with E-state index in [1.54, 1.807) is 5.32 Å². The summed E-state index contributed by atoms with van der Waals surface area (Å²) in [6, 6.07) is 9.88. The standard InChI is InChI=1S/C14H22N2O3.C10H12O3.C5H11N/c1-18-13-4-2-3-5-14(13)19-11-12(17)10-16-8-6-15-7-9-16;1-11-9-4-2-3-5-10(9)13-7-8-6-12-8;1-2-4-6-5-3-1/h2-5,12,15,17H,6-11H2,1H3;2-5,8H,6-7H2,1H3;6H,1-5H2/i1D3,6D2,7D2,8D2,9D2,10D2,11D2,12D;1D3,6D2,7D2,8D;2D2,3D2,4D2,5D2. The Morgan fingerprint density at radius 3 is 2.11 bits per heavy atom. The van der Waals surface area contributed by atoms with Gasteiger partial charge in [-0.15, -0.1) is 0 Å². The van der Waals surface area contributed by atoms with Crippen LogP contribution in [0.4, 0.5) is 0 Å². The predicted octanol–water partition coefficient (Wildman–Crippen LogP) is 2.57. The third-order valence-corrected chi connectivity index (χ3v) is 3.79. The SMILES string of the molecule is [2H]C([2H])([2H])Oc1ccccc1OC([2H])([2H])C([2H])(O)C([2H])([2H])N1C([2H])([2H])C([2H])([2H])NC([2H])([2H])C1([2H])[2H].[2H]C([2H])([2H])Oc1ccccc1OC([2H])([2H])C1([2H])OC1([2H])[2H].[2H]C1([2H])CC([2H])([2H])C([2H])([2H])NC1([2H])[2H]. The Hall–Kier alpha value is -2.56. The first kappa shape index (κ1) is 8.72. The molecule has 38 heavy (non-hydrogen) atoms. The highest BCUT2D eigenvalue weighted by Gasteiger charge is 2.23. The summed E-state index contributed by atoms with van der Waals surface area (Å²) in [5.74, 6) is -1.84. The third kappa shape index (κ3) is 11.9. The molecule has 0 aromatic heterocycles. The van der Waals surface area contributed by atoms with Gasteiger partial charge >= 0.3 is 0 Å². The van der Waals surface area contributed by atoms with Crippen LogP contribution in [-0.4, -0.2) is 101 Å². The van der Waals surface area contributed by atoms with Crippen molar-refractivity contribution in [2.45, 2.75) is 31.3 Å². The van der Waals surface area contributed by atoms with Gasteiger partial charge in [0.15, 0.2) is 23.0 Å². The zero-order chi connectivity index (χ0) is 55.2. The normalized spacial score (nSPS) is 48.4. The molecular formula is C29H45N3O6. The topological polar surface area (TPSA) is 97.0 Å². The summed E-state index contributed by atoms with van der Waals surface area (Å²) in [6.07, 6.45) is -12.5. The van der Waals surface area contributed by atoms with Crippen LogP contribution in [0.3, 0.4) is 0 Å². The van der Waals surface area contributed by atoms with Gasteiger partial charge < -0.3 is 39.4 Å². The maximum atomic E-state index is 10.7. The molecule has 3 aliphatic heterocycles. The molecule has 2 atom stereocenters. The minimum atomic E-state index is -4.29. The first-order chi connectivity index (χ1) is 30.5. The number of nitrogens with one attached hydrogen (secondary N) is 2. The number of hydrogen-bond acceptors (Lipinski definition) is 9. The Kier molecular flexibility index (Phi) is 4.10. The van der Waals surface area contributed by atoms with Crippen molar-refractivity contribution in [1.82, 2.24) is 15.5 Å². The van der Waals surface area contributed by atoms with E-state index in [1.807, 2.05) is 0 Å². The number of piperidine rings is 1. The Balaban J connectivity index is 0.000000311. The summed E-state index contributed by atoms with van der Waals surface area (Å²) < 4.78 is 265. The van der Waals surface area contributed by atoms with Gasteiger partial charge in [0.1, 0.15) is 25.3 Å². The molecular weight excluding hydrogens is 486 g/mol. The number of aliphatic hydroxyl groups is 1. The van der Waals surface area contributed by atoms with E-state index in [1.165, 1.54) is 41.7 Å². The summed E-state index contributed by atoms with van der Waals surface area (Å²) in [4.78, 5) is -0.747. The van der Waals surface area contributed by atoms with E-state index >= 15 is 0 Å². The molecule has 2 aromatic carbocycles. The van der Waals surface area contributed by atoms with Crippen molar-refractivity contribution in [2.24, 2.45) is 0 Å². The van der Waals surface area contributed by atoms with E-state index in [4.69, 9.17) is 53.3 Å². The molecule has 0 bridgehead atoms. The van der Waals surface area contributed by atoms with Crippen LogP contribution in [0.5, 0.6) is 23.0 Å². The van der Waals surface area contributed by atoms with Gasteiger partial charge in [0.25, 0.3) is 0 Å². The second-order valence-electron chi connectivity index (χ2n) is 6.34. The van der Waals surface area contributed by atoms with Crippen molar-refractivity contribution in [3.05, 3.63) is 48.5 Å². The molecule has 0 radical (unpaired) electrons. The summed E-state index contributed by atoms with van der Waals surface area (Å²) >= 11 is 0. The average molecular weight is 564 g/mol. The molecule has 9 heteroatoms. The number of hydrogen-bond donors (Lipinski definition) is 3. The molecule has 5 rings (SSSR count). The highest BCUT2D eigenvalue weighted by Crippen LogP contribution is 2.27. The lowest BCUT2D eigenvalue weighted by Crippen LogP contribution is -2.47. The van der Waals surface area contributed by atoms with Crippen molar-refractivity contribution in [3.8, 4) is 23.0 Å². The van der Waals surface area contributed by atoms with Crippen LogP contribution in [0.2, 0.25) is 0 Å². The van der Waals surface area contributed by atoms with Crippen LogP contribution < -0.4 is 29.6 Å². The molecule has 2 unspecified atom stereocenters. The first-order valence-electron chi connectivity index (χ1n) is 26.3. The number of ether oxygens (including phenoxy) is 5. The fraction of sp³-hybridized carbons (Fsp3) is 0.586. The van der Waals surface area contributed by atoms with Gasteiger partial charge in [0.05, 0.1) is 39.8 Å². The summed E-state index contributed by atoms with van der Waals surface area (Å²) in [7, 11) is -5.79. The second kappa shape index (κ2) is 17.9. The molecule has 0 aliphatic carbocycles. The maximum absolute atomic E-state index is 10.7. The quantitative estimate of drug-likeness (QED) is 0.377.